The summed E-state index contributed by atoms with van der Waals surface area (Å²) < 4.78 is 15.5. The first kappa shape index (κ1) is 14.0. The third kappa shape index (κ3) is 2.50. The van der Waals surface area contributed by atoms with E-state index >= 15 is 0 Å². The predicted octanol–water partition coefficient (Wildman–Crippen LogP) is 3.20. The van der Waals surface area contributed by atoms with E-state index < -0.39 is 5.82 Å². The predicted molar refractivity (Wildman–Crippen MR) is 78.9 cm³/mol. The van der Waals surface area contributed by atoms with Crippen LogP contribution in [0.5, 0.6) is 0 Å². The van der Waals surface area contributed by atoms with Crippen LogP contribution in [0.2, 0.25) is 0 Å². The van der Waals surface area contributed by atoms with E-state index in [1.165, 1.54) is 18.9 Å². The van der Waals surface area contributed by atoms with E-state index in [0.717, 1.165) is 12.8 Å². The third-order valence-corrected chi connectivity index (χ3v) is 4.50. The average Bonchev–Trinajstić information content (AvgIpc) is 2.90. The van der Waals surface area contributed by atoms with Gasteiger partial charge in [0.15, 0.2) is 5.82 Å². The Kier molecular flexibility index (Phi) is 3.39. The van der Waals surface area contributed by atoms with Gasteiger partial charge in [0.2, 0.25) is 0 Å². The van der Waals surface area contributed by atoms with Gasteiger partial charge in [-0.25, -0.2) is 9.07 Å². The van der Waals surface area contributed by atoms with Crippen LogP contribution in [-0.2, 0) is 0 Å². The molecule has 0 aliphatic heterocycles. The first-order valence-electron chi connectivity index (χ1n) is 7.32. The summed E-state index contributed by atoms with van der Waals surface area (Å²) in [6, 6.07) is 4.94. The monoisotopic (exact) mass is 289 g/mol. The lowest BCUT2D eigenvalue weighted by Gasteiger charge is -2.38. The highest BCUT2D eigenvalue weighted by Crippen LogP contribution is 2.44. The van der Waals surface area contributed by atoms with Crippen LogP contribution in [-0.4, -0.2) is 20.2 Å². The van der Waals surface area contributed by atoms with Crippen LogP contribution in [0.25, 0.3) is 11.4 Å². The number of rotatable bonds is 2. The topological polar surface area (TPSA) is 69.6 Å². The fraction of sp³-hybridized carbons (Fsp3) is 0.533. The molecule has 6 heteroatoms. The summed E-state index contributed by atoms with van der Waals surface area (Å²) in [5.74, 6) is 0.166. The maximum atomic E-state index is 13.7. The van der Waals surface area contributed by atoms with Crippen LogP contribution in [0.1, 0.15) is 45.6 Å². The SMILES string of the molecule is CC1(C)CCCCC1n1nnnc1-c1ccc(N)c(F)c1. The minimum Gasteiger partial charge on any atom is -0.396 e. The lowest BCUT2D eigenvalue weighted by Crippen LogP contribution is -2.31. The van der Waals surface area contributed by atoms with Gasteiger partial charge >= 0.3 is 0 Å². The van der Waals surface area contributed by atoms with Gasteiger partial charge in [0.25, 0.3) is 0 Å². The van der Waals surface area contributed by atoms with E-state index in [1.807, 2.05) is 4.68 Å². The largest absolute Gasteiger partial charge is 0.396 e. The number of tetrazole rings is 1. The summed E-state index contributed by atoms with van der Waals surface area (Å²) in [6.07, 6.45) is 4.59. The van der Waals surface area contributed by atoms with Gasteiger partial charge in [-0.05, 0) is 46.9 Å². The lowest BCUT2D eigenvalue weighted by atomic mass is 9.73. The molecule has 2 N–H and O–H groups in total. The molecule has 1 aromatic heterocycles. The number of aromatic nitrogens is 4. The minimum atomic E-state index is -0.440. The summed E-state index contributed by atoms with van der Waals surface area (Å²) in [5.41, 5.74) is 6.46. The minimum absolute atomic E-state index is 0.134. The molecular weight excluding hydrogens is 269 g/mol. The molecule has 1 fully saturated rings. The molecule has 5 nitrogen and oxygen atoms in total. The van der Waals surface area contributed by atoms with E-state index in [2.05, 4.69) is 29.4 Å². The van der Waals surface area contributed by atoms with Crippen molar-refractivity contribution in [3.8, 4) is 11.4 Å². The van der Waals surface area contributed by atoms with Gasteiger partial charge in [0, 0.05) is 5.56 Å². The fourth-order valence-electron chi connectivity index (χ4n) is 3.19. The Hall–Kier alpha value is -1.98. The van der Waals surface area contributed by atoms with Gasteiger partial charge < -0.3 is 5.73 Å². The highest BCUT2D eigenvalue weighted by molar-refractivity contribution is 5.59. The number of halogens is 1. The molecule has 0 amide bonds. The van der Waals surface area contributed by atoms with Crippen LogP contribution in [0, 0.1) is 11.2 Å². The molecule has 1 heterocycles. The van der Waals surface area contributed by atoms with Gasteiger partial charge in [-0.3, -0.25) is 0 Å². The van der Waals surface area contributed by atoms with Gasteiger partial charge in [0.1, 0.15) is 5.82 Å². The molecule has 0 bridgehead atoms. The maximum absolute atomic E-state index is 13.7. The molecule has 1 aromatic carbocycles. The van der Waals surface area contributed by atoms with Crippen molar-refractivity contribution in [3.63, 3.8) is 0 Å². The Bertz CT molecular complexity index is 649. The second-order valence-corrected chi connectivity index (χ2v) is 6.43. The molecule has 1 saturated carbocycles. The smallest absolute Gasteiger partial charge is 0.182 e. The maximum Gasteiger partial charge on any atom is 0.182 e. The summed E-state index contributed by atoms with van der Waals surface area (Å²) in [4.78, 5) is 0. The molecule has 1 aliphatic carbocycles. The van der Waals surface area contributed by atoms with Crippen LogP contribution >= 0.6 is 0 Å². The van der Waals surface area contributed by atoms with E-state index in [4.69, 9.17) is 5.73 Å². The molecular formula is C15H20FN5. The van der Waals surface area contributed by atoms with Crippen molar-refractivity contribution in [1.29, 1.82) is 0 Å². The van der Waals surface area contributed by atoms with Crippen molar-refractivity contribution in [1.82, 2.24) is 20.2 Å². The molecule has 1 unspecified atom stereocenters. The standard InChI is InChI=1S/C15H20FN5/c1-15(2)8-4-3-5-13(15)21-14(18-19-20-21)10-6-7-12(17)11(16)9-10/h6-7,9,13H,3-5,8,17H2,1-2H3. The zero-order valence-corrected chi connectivity index (χ0v) is 12.4. The van der Waals surface area contributed by atoms with Gasteiger partial charge in [-0.15, -0.1) is 5.10 Å². The second kappa shape index (κ2) is 5.09. The number of nitrogen functional groups attached to an aromatic ring is 1. The van der Waals surface area contributed by atoms with Gasteiger partial charge in [-0.1, -0.05) is 26.7 Å². The summed E-state index contributed by atoms with van der Waals surface area (Å²) in [6.45, 7) is 4.48. The van der Waals surface area contributed by atoms with Crippen LogP contribution in [0.15, 0.2) is 18.2 Å². The first-order valence-corrected chi connectivity index (χ1v) is 7.32. The Balaban J connectivity index is 2.02. The number of anilines is 1. The zero-order valence-electron chi connectivity index (χ0n) is 12.4. The molecule has 0 radical (unpaired) electrons. The molecule has 1 atom stereocenters. The molecule has 112 valence electrons. The van der Waals surface area contributed by atoms with Crippen LogP contribution in [0.4, 0.5) is 10.1 Å². The average molecular weight is 289 g/mol. The number of hydrogen-bond donors (Lipinski definition) is 1. The van der Waals surface area contributed by atoms with Crippen molar-refractivity contribution >= 4 is 5.69 Å². The van der Waals surface area contributed by atoms with Gasteiger partial charge in [-0.2, -0.15) is 0 Å². The highest BCUT2D eigenvalue weighted by Gasteiger charge is 2.35. The van der Waals surface area contributed by atoms with Crippen LogP contribution < -0.4 is 5.73 Å². The van der Waals surface area contributed by atoms with Crippen molar-refractivity contribution in [2.24, 2.45) is 5.41 Å². The van der Waals surface area contributed by atoms with Gasteiger partial charge in [0.05, 0.1) is 11.7 Å². The molecule has 0 spiro atoms. The normalized spacial score (nSPS) is 21.4. The summed E-state index contributed by atoms with van der Waals surface area (Å²) >= 11 is 0. The molecule has 0 saturated heterocycles. The van der Waals surface area contributed by atoms with Crippen molar-refractivity contribution < 1.29 is 4.39 Å². The molecule has 1 aliphatic rings. The van der Waals surface area contributed by atoms with Crippen molar-refractivity contribution in [2.75, 3.05) is 5.73 Å². The quantitative estimate of drug-likeness (QED) is 0.862. The van der Waals surface area contributed by atoms with Crippen molar-refractivity contribution in [3.05, 3.63) is 24.0 Å². The number of hydrogen-bond acceptors (Lipinski definition) is 4. The number of nitrogens with zero attached hydrogens (tertiary/aromatic N) is 4. The lowest BCUT2D eigenvalue weighted by molar-refractivity contribution is 0.132. The Labute approximate surface area is 123 Å². The van der Waals surface area contributed by atoms with E-state index in [-0.39, 0.29) is 17.1 Å². The molecule has 3 rings (SSSR count). The zero-order chi connectivity index (χ0) is 15.0. The van der Waals surface area contributed by atoms with E-state index in [1.54, 1.807) is 12.1 Å². The summed E-state index contributed by atoms with van der Waals surface area (Å²) in [7, 11) is 0. The fourth-order valence-corrected chi connectivity index (χ4v) is 3.19. The Morgan fingerprint density at radius 3 is 2.86 bits per heavy atom. The van der Waals surface area contributed by atoms with Crippen LogP contribution in [0.3, 0.4) is 0 Å². The van der Waals surface area contributed by atoms with E-state index in [9.17, 15) is 4.39 Å². The Morgan fingerprint density at radius 1 is 1.33 bits per heavy atom. The summed E-state index contributed by atoms with van der Waals surface area (Å²) in [5, 5.41) is 12.1. The first-order chi connectivity index (χ1) is 9.99. The second-order valence-electron chi connectivity index (χ2n) is 6.43. The number of nitrogens with two attached hydrogens (primary N) is 1. The number of benzene rings is 1. The Morgan fingerprint density at radius 2 is 2.14 bits per heavy atom. The third-order valence-electron chi connectivity index (χ3n) is 4.50. The highest BCUT2D eigenvalue weighted by atomic mass is 19.1. The van der Waals surface area contributed by atoms with Crippen molar-refractivity contribution in [2.45, 2.75) is 45.6 Å². The van der Waals surface area contributed by atoms with E-state index in [0.29, 0.717) is 11.4 Å². The molecule has 21 heavy (non-hydrogen) atoms. The molecule has 2 aromatic rings.